The smallest absolute Gasteiger partial charge is 0.261 e. The highest BCUT2D eigenvalue weighted by Crippen LogP contribution is 2.66. The van der Waals surface area contributed by atoms with E-state index in [1.807, 2.05) is 6.07 Å². The van der Waals surface area contributed by atoms with Crippen molar-refractivity contribution in [2.24, 2.45) is 0 Å². The van der Waals surface area contributed by atoms with Crippen molar-refractivity contribution in [2.45, 2.75) is 10.8 Å². The number of nitrogens with zero attached hydrogens (tertiary/aromatic N) is 1. The normalized spacial score (nSPS) is 15.9. The van der Waals surface area contributed by atoms with Crippen molar-refractivity contribution < 1.29 is 9.47 Å². The zero-order valence-corrected chi connectivity index (χ0v) is 33.3. The number of hydrogen-bond acceptors (Lipinski definition) is 3. The Morgan fingerprint density at radius 1 is 0.323 bits per heavy atom. The van der Waals surface area contributed by atoms with Crippen LogP contribution in [-0.4, -0.2) is 6.71 Å². The molecule has 0 aromatic heterocycles. The molecule has 3 nitrogen and oxygen atoms in total. The van der Waals surface area contributed by atoms with E-state index in [4.69, 9.17) is 9.47 Å². The summed E-state index contributed by atoms with van der Waals surface area (Å²) in [6.07, 6.45) is 0. The zero-order chi connectivity index (χ0) is 40.1. The monoisotopic (exact) mass is 785 g/mol. The molecular formula is C58H32BNO2. The summed E-state index contributed by atoms with van der Waals surface area (Å²) in [5.41, 5.74) is 19.0. The molecular weight excluding hydrogens is 753 g/mol. The summed E-state index contributed by atoms with van der Waals surface area (Å²) >= 11 is 0. The fraction of sp³-hybridized carbons (Fsp3) is 0.0345. The second kappa shape index (κ2) is 10.7. The highest BCUT2D eigenvalue weighted by Gasteiger charge is 2.58. The maximum absolute atomic E-state index is 6.94. The first-order valence-corrected chi connectivity index (χ1v) is 21.7. The molecule has 0 N–H and O–H groups in total. The van der Waals surface area contributed by atoms with E-state index in [-0.39, 0.29) is 6.71 Å². The maximum atomic E-state index is 6.94. The van der Waals surface area contributed by atoms with Crippen molar-refractivity contribution in [2.75, 3.05) is 4.90 Å². The Bertz CT molecular complexity index is 3580. The van der Waals surface area contributed by atoms with Crippen LogP contribution >= 0.6 is 0 Å². The van der Waals surface area contributed by atoms with Gasteiger partial charge in [0.05, 0.1) is 27.9 Å². The Hall–Kier alpha value is -7.82. The number of fused-ring (bicyclic) bond motifs is 13. The van der Waals surface area contributed by atoms with Crippen LogP contribution in [-0.2, 0) is 10.8 Å². The largest absolute Gasteiger partial charge is 0.458 e. The lowest BCUT2D eigenvalue weighted by molar-refractivity contribution is 0.461. The summed E-state index contributed by atoms with van der Waals surface area (Å²) in [5.74, 6) is 3.59. The first-order valence-electron chi connectivity index (χ1n) is 21.7. The summed E-state index contributed by atoms with van der Waals surface area (Å²) in [6, 6.07) is 72.7. The van der Waals surface area contributed by atoms with Gasteiger partial charge in [0.1, 0.15) is 23.0 Å². The third kappa shape index (κ3) is 3.34. The molecule has 6 aliphatic rings. The molecule has 10 aromatic carbocycles. The molecule has 4 heteroatoms. The van der Waals surface area contributed by atoms with E-state index in [1.165, 1.54) is 105 Å². The van der Waals surface area contributed by atoms with Crippen LogP contribution < -0.4 is 30.8 Å². The van der Waals surface area contributed by atoms with Crippen molar-refractivity contribution in [1.29, 1.82) is 0 Å². The van der Waals surface area contributed by atoms with E-state index in [0.717, 1.165) is 28.5 Å². The third-order valence-corrected chi connectivity index (χ3v) is 15.3. The predicted molar refractivity (Wildman–Crippen MR) is 250 cm³/mol. The van der Waals surface area contributed by atoms with Gasteiger partial charge in [0.2, 0.25) is 0 Å². The molecule has 10 aromatic rings. The molecule has 2 aliphatic carbocycles. The summed E-state index contributed by atoms with van der Waals surface area (Å²) in [6.45, 7) is -0.0175. The number of hydrogen-bond donors (Lipinski definition) is 0. The fourth-order valence-electron chi connectivity index (χ4n) is 13.4. The van der Waals surface area contributed by atoms with Crippen LogP contribution in [0.1, 0.15) is 44.5 Å². The fourth-order valence-corrected chi connectivity index (χ4v) is 13.4. The molecule has 16 rings (SSSR count). The van der Waals surface area contributed by atoms with Crippen molar-refractivity contribution >= 4 is 61.7 Å². The van der Waals surface area contributed by atoms with Crippen LogP contribution in [0.3, 0.4) is 0 Å². The van der Waals surface area contributed by atoms with Gasteiger partial charge in [-0.05, 0) is 125 Å². The molecule has 0 unspecified atom stereocenters. The summed E-state index contributed by atoms with van der Waals surface area (Å²) < 4.78 is 13.9. The molecule has 284 valence electrons. The van der Waals surface area contributed by atoms with Crippen molar-refractivity contribution in [3.8, 4) is 34.1 Å². The molecule has 0 radical (unpaired) electrons. The quantitative estimate of drug-likeness (QED) is 0.122. The number of benzene rings is 10. The van der Waals surface area contributed by atoms with Gasteiger partial charge in [0.15, 0.2) is 0 Å². The minimum absolute atomic E-state index is 0.0175. The van der Waals surface area contributed by atoms with Gasteiger partial charge in [0.25, 0.3) is 6.71 Å². The van der Waals surface area contributed by atoms with E-state index in [1.54, 1.807) is 0 Å². The average molecular weight is 786 g/mol. The minimum Gasteiger partial charge on any atom is -0.458 e. The summed E-state index contributed by atoms with van der Waals surface area (Å²) in [4.78, 5) is 2.61. The van der Waals surface area contributed by atoms with Gasteiger partial charge in [-0.25, -0.2) is 0 Å². The summed E-state index contributed by atoms with van der Waals surface area (Å²) in [5, 5.41) is 5.12. The van der Waals surface area contributed by atoms with Crippen molar-refractivity contribution in [1.82, 2.24) is 0 Å². The molecule has 4 heterocycles. The Balaban J connectivity index is 1.07. The zero-order valence-electron chi connectivity index (χ0n) is 33.3. The van der Waals surface area contributed by atoms with Gasteiger partial charge in [-0.15, -0.1) is 0 Å². The van der Waals surface area contributed by atoms with Crippen LogP contribution in [0.5, 0.6) is 23.0 Å². The first kappa shape index (κ1) is 32.0. The van der Waals surface area contributed by atoms with Gasteiger partial charge < -0.3 is 14.4 Å². The third-order valence-electron chi connectivity index (χ3n) is 15.3. The molecule has 0 saturated heterocycles. The molecule has 0 saturated carbocycles. The highest BCUT2D eigenvalue weighted by atomic mass is 16.5. The van der Waals surface area contributed by atoms with Crippen molar-refractivity contribution in [3.63, 3.8) is 0 Å². The average Bonchev–Trinajstić information content (AvgIpc) is 3.80. The molecule has 0 atom stereocenters. The molecule has 0 bridgehead atoms. The number of ether oxygens (including phenoxy) is 2. The molecule has 2 spiro atoms. The predicted octanol–water partition coefficient (Wildman–Crippen LogP) is 11.9. The molecule has 62 heavy (non-hydrogen) atoms. The van der Waals surface area contributed by atoms with Gasteiger partial charge in [-0.3, -0.25) is 0 Å². The van der Waals surface area contributed by atoms with Gasteiger partial charge in [0, 0.05) is 11.0 Å². The van der Waals surface area contributed by atoms with Gasteiger partial charge >= 0.3 is 0 Å². The second-order valence-electron chi connectivity index (χ2n) is 17.7. The Morgan fingerprint density at radius 3 is 1.39 bits per heavy atom. The first-order chi connectivity index (χ1) is 30.8. The van der Waals surface area contributed by atoms with Crippen LogP contribution in [0, 0.1) is 0 Å². The van der Waals surface area contributed by atoms with E-state index >= 15 is 0 Å². The standard InChI is InChI=1S/C58H32BNO2/c1-3-16-37-35(14-1)36-15-2-4-17-38(36)57(37)39-18-5-7-23-44(39)60(45-24-8-6-19-40(45)57)46-32-31-34-30-29-33-13-9-20-41-51(33)52(34)53(46)58(41)42-21-10-25-47-54(42)59-55-43(58)22-11-26-48(55)62-50-28-12-27-49(61-47)56(50)59/h1-32H. The SMILES string of the molecule is c1cc2c3c(c1)Oc1cccc4c1B3c1c(cccc1C41c3cccc4ccc5ccc(N6c7ccccc7C7(c8ccccc8-c8ccccc87)c7ccccc76)c1c5c34)O2. The van der Waals surface area contributed by atoms with E-state index in [0.29, 0.717) is 0 Å². The van der Waals surface area contributed by atoms with Crippen molar-refractivity contribution in [3.05, 3.63) is 239 Å². The lowest BCUT2D eigenvalue weighted by Gasteiger charge is -2.49. The molecule has 0 fully saturated rings. The van der Waals surface area contributed by atoms with Crippen LogP contribution in [0.15, 0.2) is 194 Å². The van der Waals surface area contributed by atoms with Gasteiger partial charge in [-0.1, -0.05) is 152 Å². The molecule has 4 aliphatic heterocycles. The Morgan fingerprint density at radius 2 is 0.774 bits per heavy atom. The second-order valence-corrected chi connectivity index (χ2v) is 17.7. The van der Waals surface area contributed by atoms with Crippen LogP contribution in [0.2, 0.25) is 0 Å². The Labute approximate surface area is 358 Å². The lowest BCUT2D eigenvalue weighted by Crippen LogP contribution is -2.65. The number of anilines is 3. The summed E-state index contributed by atoms with van der Waals surface area (Å²) in [7, 11) is 0. The number of rotatable bonds is 1. The number of para-hydroxylation sites is 2. The lowest BCUT2D eigenvalue weighted by atomic mass is 9.29. The van der Waals surface area contributed by atoms with E-state index < -0.39 is 10.8 Å². The maximum Gasteiger partial charge on any atom is 0.261 e. The Kier molecular flexibility index (Phi) is 5.54. The van der Waals surface area contributed by atoms with Crippen LogP contribution in [0.4, 0.5) is 17.1 Å². The molecule has 0 amide bonds. The topological polar surface area (TPSA) is 21.7 Å². The van der Waals surface area contributed by atoms with E-state index in [9.17, 15) is 0 Å². The minimum atomic E-state index is -0.701. The van der Waals surface area contributed by atoms with Crippen LogP contribution in [0.25, 0.3) is 32.7 Å². The van der Waals surface area contributed by atoms with Gasteiger partial charge in [-0.2, -0.15) is 0 Å². The van der Waals surface area contributed by atoms with E-state index in [2.05, 4.69) is 193 Å². The highest BCUT2D eigenvalue weighted by molar-refractivity contribution is 6.99.